The fraction of sp³-hybridized carbons (Fsp3) is 0.350. The van der Waals surface area contributed by atoms with Gasteiger partial charge in [0, 0.05) is 12.2 Å². The van der Waals surface area contributed by atoms with Crippen LogP contribution >= 0.6 is 12.2 Å². The van der Waals surface area contributed by atoms with E-state index in [2.05, 4.69) is 48.7 Å². The van der Waals surface area contributed by atoms with Crippen LogP contribution in [-0.2, 0) is 6.54 Å². The molecule has 128 valence electrons. The minimum Gasteiger partial charge on any atom is -0.491 e. The van der Waals surface area contributed by atoms with Crippen LogP contribution in [0.4, 0.5) is 5.69 Å². The standard InChI is InChI=1S/C20H26N2OS/c1-14(2)17-7-9-18(10-8-17)22-20(24)21-13-16-5-11-19(12-6-16)23-15(3)4/h5-12,14-15H,13H2,1-4H3,(H2,21,22,24). The van der Waals surface area contributed by atoms with Gasteiger partial charge in [0.05, 0.1) is 6.10 Å². The molecule has 2 rings (SSSR count). The van der Waals surface area contributed by atoms with E-state index in [1.165, 1.54) is 5.56 Å². The van der Waals surface area contributed by atoms with Crippen LogP contribution in [0.1, 0.15) is 44.7 Å². The molecule has 0 radical (unpaired) electrons. The molecule has 0 bridgehead atoms. The fourth-order valence-electron chi connectivity index (χ4n) is 2.27. The Hall–Kier alpha value is -2.07. The van der Waals surface area contributed by atoms with Gasteiger partial charge in [-0.15, -0.1) is 0 Å². The Morgan fingerprint density at radius 1 is 0.958 bits per heavy atom. The summed E-state index contributed by atoms with van der Waals surface area (Å²) in [5.41, 5.74) is 3.48. The van der Waals surface area contributed by atoms with Crippen molar-refractivity contribution in [1.29, 1.82) is 0 Å². The van der Waals surface area contributed by atoms with E-state index in [9.17, 15) is 0 Å². The topological polar surface area (TPSA) is 33.3 Å². The van der Waals surface area contributed by atoms with Crippen molar-refractivity contribution >= 4 is 23.0 Å². The lowest BCUT2D eigenvalue weighted by Gasteiger charge is -2.13. The van der Waals surface area contributed by atoms with Crippen LogP contribution in [0.5, 0.6) is 5.75 Å². The van der Waals surface area contributed by atoms with Gasteiger partial charge in [-0.25, -0.2) is 0 Å². The second kappa shape index (κ2) is 8.69. The van der Waals surface area contributed by atoms with Crippen LogP contribution in [0.3, 0.4) is 0 Å². The van der Waals surface area contributed by atoms with Crippen molar-refractivity contribution in [3.05, 3.63) is 59.7 Å². The van der Waals surface area contributed by atoms with Gasteiger partial charge in [-0.1, -0.05) is 38.1 Å². The number of benzene rings is 2. The molecule has 0 aliphatic heterocycles. The molecular weight excluding hydrogens is 316 g/mol. The highest BCUT2D eigenvalue weighted by Crippen LogP contribution is 2.17. The van der Waals surface area contributed by atoms with Crippen molar-refractivity contribution in [3.63, 3.8) is 0 Å². The van der Waals surface area contributed by atoms with Crippen LogP contribution in [-0.4, -0.2) is 11.2 Å². The zero-order chi connectivity index (χ0) is 17.5. The number of hydrogen-bond acceptors (Lipinski definition) is 2. The molecule has 0 spiro atoms. The number of hydrogen-bond donors (Lipinski definition) is 2. The van der Waals surface area contributed by atoms with E-state index in [1.54, 1.807) is 0 Å². The van der Waals surface area contributed by atoms with Crippen LogP contribution in [0.25, 0.3) is 0 Å². The Kier molecular flexibility index (Phi) is 6.62. The lowest BCUT2D eigenvalue weighted by atomic mass is 10.0. The summed E-state index contributed by atoms with van der Waals surface area (Å²) >= 11 is 5.36. The summed E-state index contributed by atoms with van der Waals surface area (Å²) in [6.45, 7) is 9.09. The van der Waals surface area contributed by atoms with E-state index < -0.39 is 0 Å². The molecule has 0 amide bonds. The molecular formula is C20H26N2OS. The van der Waals surface area contributed by atoms with Crippen LogP contribution in [0, 0.1) is 0 Å². The third kappa shape index (κ3) is 5.85. The molecule has 0 fully saturated rings. The molecule has 24 heavy (non-hydrogen) atoms. The number of nitrogens with one attached hydrogen (secondary N) is 2. The quantitative estimate of drug-likeness (QED) is 0.717. The van der Waals surface area contributed by atoms with Crippen LogP contribution in [0.15, 0.2) is 48.5 Å². The van der Waals surface area contributed by atoms with Crippen molar-refractivity contribution in [2.24, 2.45) is 0 Å². The molecule has 0 aliphatic rings. The zero-order valence-electron chi connectivity index (χ0n) is 14.8. The maximum atomic E-state index is 5.64. The molecule has 0 saturated heterocycles. The Bertz CT molecular complexity index is 648. The highest BCUT2D eigenvalue weighted by Gasteiger charge is 2.02. The molecule has 0 heterocycles. The third-order valence-corrected chi connectivity index (χ3v) is 3.83. The summed E-state index contributed by atoms with van der Waals surface area (Å²) in [5.74, 6) is 1.42. The first kappa shape index (κ1) is 18.3. The minimum absolute atomic E-state index is 0.188. The summed E-state index contributed by atoms with van der Waals surface area (Å²) in [6, 6.07) is 16.4. The van der Waals surface area contributed by atoms with Gasteiger partial charge in [-0.2, -0.15) is 0 Å². The molecule has 0 atom stereocenters. The summed E-state index contributed by atoms with van der Waals surface area (Å²) in [7, 11) is 0. The summed E-state index contributed by atoms with van der Waals surface area (Å²) in [6.07, 6.45) is 0.188. The van der Waals surface area contributed by atoms with E-state index in [1.807, 2.05) is 38.1 Å². The highest BCUT2D eigenvalue weighted by atomic mass is 32.1. The van der Waals surface area contributed by atoms with E-state index in [4.69, 9.17) is 17.0 Å². The highest BCUT2D eigenvalue weighted by molar-refractivity contribution is 7.80. The van der Waals surface area contributed by atoms with E-state index >= 15 is 0 Å². The van der Waals surface area contributed by atoms with Crippen molar-refractivity contribution in [1.82, 2.24) is 5.32 Å². The maximum Gasteiger partial charge on any atom is 0.171 e. The average molecular weight is 343 g/mol. The van der Waals surface area contributed by atoms with E-state index in [0.29, 0.717) is 17.6 Å². The molecule has 3 nitrogen and oxygen atoms in total. The smallest absolute Gasteiger partial charge is 0.171 e. The third-order valence-electron chi connectivity index (χ3n) is 3.58. The van der Waals surface area contributed by atoms with Crippen molar-refractivity contribution in [2.45, 2.75) is 46.3 Å². The minimum atomic E-state index is 0.188. The summed E-state index contributed by atoms with van der Waals surface area (Å²) in [5, 5.41) is 7.06. The molecule has 0 aromatic heterocycles. The Morgan fingerprint density at radius 3 is 2.12 bits per heavy atom. The Morgan fingerprint density at radius 2 is 1.58 bits per heavy atom. The molecule has 0 unspecified atom stereocenters. The van der Waals surface area contributed by atoms with Crippen LogP contribution < -0.4 is 15.4 Å². The van der Waals surface area contributed by atoms with Crippen molar-refractivity contribution in [3.8, 4) is 5.75 Å². The van der Waals surface area contributed by atoms with Crippen molar-refractivity contribution < 1.29 is 4.74 Å². The molecule has 2 aromatic rings. The first-order valence-corrected chi connectivity index (χ1v) is 8.75. The first-order chi connectivity index (χ1) is 11.4. The maximum absolute atomic E-state index is 5.64. The second-order valence-corrected chi connectivity index (χ2v) is 6.80. The molecule has 0 aliphatic carbocycles. The van der Waals surface area contributed by atoms with Gasteiger partial charge in [-0.05, 0) is 67.4 Å². The van der Waals surface area contributed by atoms with Crippen molar-refractivity contribution in [2.75, 3.05) is 5.32 Å². The van der Waals surface area contributed by atoms with Gasteiger partial charge >= 0.3 is 0 Å². The predicted octanol–water partition coefficient (Wildman–Crippen LogP) is 5.08. The number of rotatable bonds is 6. The molecule has 4 heteroatoms. The number of anilines is 1. The Balaban J connectivity index is 1.82. The van der Waals surface area contributed by atoms with E-state index in [0.717, 1.165) is 17.0 Å². The van der Waals surface area contributed by atoms with Gasteiger partial charge in [0.1, 0.15) is 5.75 Å². The lowest BCUT2D eigenvalue weighted by molar-refractivity contribution is 0.242. The van der Waals surface area contributed by atoms with Gasteiger partial charge in [0.15, 0.2) is 5.11 Å². The van der Waals surface area contributed by atoms with Gasteiger partial charge in [0.2, 0.25) is 0 Å². The summed E-state index contributed by atoms with van der Waals surface area (Å²) in [4.78, 5) is 0. The first-order valence-electron chi connectivity index (χ1n) is 8.34. The number of thiocarbonyl (C=S) groups is 1. The van der Waals surface area contributed by atoms with E-state index in [-0.39, 0.29) is 6.10 Å². The lowest BCUT2D eigenvalue weighted by Crippen LogP contribution is -2.27. The molecule has 2 N–H and O–H groups in total. The SMILES string of the molecule is CC(C)Oc1ccc(CNC(=S)Nc2ccc(C(C)C)cc2)cc1. The van der Waals surface area contributed by atoms with Gasteiger partial charge < -0.3 is 15.4 Å². The largest absolute Gasteiger partial charge is 0.491 e. The molecule has 2 aromatic carbocycles. The van der Waals surface area contributed by atoms with Gasteiger partial charge in [-0.3, -0.25) is 0 Å². The monoisotopic (exact) mass is 342 g/mol. The zero-order valence-corrected chi connectivity index (χ0v) is 15.6. The summed E-state index contributed by atoms with van der Waals surface area (Å²) < 4.78 is 5.64. The molecule has 0 saturated carbocycles. The average Bonchev–Trinajstić information content (AvgIpc) is 2.54. The number of ether oxygens (including phenoxy) is 1. The normalized spacial score (nSPS) is 10.8. The predicted molar refractivity (Wildman–Crippen MR) is 106 cm³/mol. The van der Waals surface area contributed by atoms with Gasteiger partial charge in [0.25, 0.3) is 0 Å². The Labute approximate surface area is 150 Å². The van der Waals surface area contributed by atoms with Crippen LogP contribution in [0.2, 0.25) is 0 Å². The fourth-order valence-corrected chi connectivity index (χ4v) is 2.46. The second-order valence-electron chi connectivity index (χ2n) is 6.39.